The maximum absolute atomic E-state index is 9.06. The van der Waals surface area contributed by atoms with Gasteiger partial charge in [-0.15, -0.1) is 0 Å². The topological polar surface area (TPSA) is 67.6 Å². The number of halogens is 1. The molecule has 0 spiro atoms. The first kappa shape index (κ1) is 12.7. The molecule has 1 aromatic heterocycles. The average molecular weight is 327 g/mol. The fraction of sp³-hybridized carbons (Fsp3) is 0.0667. The molecular formula is C15H11BrN4. The zero-order valence-electron chi connectivity index (χ0n) is 10.8. The van der Waals surface area contributed by atoms with E-state index < -0.39 is 0 Å². The molecule has 0 aliphatic carbocycles. The second kappa shape index (κ2) is 4.66. The molecule has 4 nitrogen and oxygen atoms in total. The first-order chi connectivity index (χ1) is 9.60. The molecule has 5 heteroatoms. The Bertz CT molecular complexity index is 858. The van der Waals surface area contributed by atoms with Crippen LogP contribution >= 0.6 is 15.9 Å². The molecule has 20 heavy (non-hydrogen) atoms. The second-order valence-corrected chi connectivity index (χ2v) is 5.47. The minimum absolute atomic E-state index is 0.413. The van der Waals surface area contributed by atoms with Crippen molar-refractivity contribution < 1.29 is 0 Å². The van der Waals surface area contributed by atoms with Crippen LogP contribution in [0.1, 0.15) is 11.1 Å². The van der Waals surface area contributed by atoms with Gasteiger partial charge in [-0.2, -0.15) is 5.26 Å². The predicted molar refractivity (Wildman–Crippen MR) is 82.6 cm³/mol. The molecule has 3 aromatic rings. The standard InChI is InChI=1S/C15H11BrN4/c1-9-2-3-10(8-17)6-14(9)20-13-5-4-11(16)7-12(13)19-15(20)18/h2-7H,1H3,(H2,18,19). The van der Waals surface area contributed by atoms with Crippen LogP contribution < -0.4 is 5.73 Å². The number of hydrogen-bond donors (Lipinski definition) is 1. The van der Waals surface area contributed by atoms with Gasteiger partial charge in [0.2, 0.25) is 5.95 Å². The number of nitrogens with zero attached hydrogens (tertiary/aromatic N) is 3. The van der Waals surface area contributed by atoms with E-state index in [0.29, 0.717) is 11.5 Å². The molecule has 0 amide bonds. The monoisotopic (exact) mass is 326 g/mol. The molecule has 0 saturated carbocycles. The summed E-state index contributed by atoms with van der Waals surface area (Å²) in [5.74, 6) is 0.413. The number of anilines is 1. The number of fused-ring (bicyclic) bond motifs is 1. The van der Waals surface area contributed by atoms with Crippen molar-refractivity contribution in [2.75, 3.05) is 5.73 Å². The lowest BCUT2D eigenvalue weighted by atomic mass is 10.1. The van der Waals surface area contributed by atoms with Gasteiger partial charge in [0.25, 0.3) is 0 Å². The van der Waals surface area contributed by atoms with E-state index >= 15 is 0 Å². The number of rotatable bonds is 1. The van der Waals surface area contributed by atoms with E-state index in [1.54, 1.807) is 6.07 Å². The second-order valence-electron chi connectivity index (χ2n) is 4.55. The summed E-state index contributed by atoms with van der Waals surface area (Å²) >= 11 is 3.43. The molecule has 0 radical (unpaired) electrons. The number of benzene rings is 2. The van der Waals surface area contributed by atoms with Crippen molar-refractivity contribution in [3.63, 3.8) is 0 Å². The Morgan fingerprint density at radius 2 is 2.05 bits per heavy atom. The molecule has 2 N–H and O–H groups in total. The lowest BCUT2D eigenvalue weighted by Crippen LogP contribution is -2.02. The summed E-state index contributed by atoms with van der Waals surface area (Å²) in [5.41, 5.74) is 10.3. The highest BCUT2D eigenvalue weighted by molar-refractivity contribution is 9.10. The minimum atomic E-state index is 0.413. The quantitative estimate of drug-likeness (QED) is 0.743. The molecule has 3 rings (SSSR count). The van der Waals surface area contributed by atoms with Crippen LogP contribution in [0.2, 0.25) is 0 Å². The summed E-state index contributed by atoms with van der Waals surface area (Å²) in [7, 11) is 0. The molecule has 98 valence electrons. The van der Waals surface area contributed by atoms with Crippen LogP contribution in [0.3, 0.4) is 0 Å². The van der Waals surface area contributed by atoms with Crippen LogP contribution in [0.5, 0.6) is 0 Å². The van der Waals surface area contributed by atoms with Crippen LogP contribution in [-0.4, -0.2) is 9.55 Å². The van der Waals surface area contributed by atoms with Crippen molar-refractivity contribution in [1.29, 1.82) is 5.26 Å². The zero-order chi connectivity index (χ0) is 14.3. The van der Waals surface area contributed by atoms with Gasteiger partial charge in [-0.3, -0.25) is 4.57 Å². The predicted octanol–water partition coefficient (Wildman–Crippen LogP) is 3.55. The summed E-state index contributed by atoms with van der Waals surface area (Å²) < 4.78 is 2.83. The fourth-order valence-corrected chi connectivity index (χ4v) is 2.59. The van der Waals surface area contributed by atoms with E-state index in [9.17, 15) is 0 Å². The van der Waals surface area contributed by atoms with Crippen molar-refractivity contribution in [2.45, 2.75) is 6.92 Å². The Labute approximate surface area is 124 Å². The maximum Gasteiger partial charge on any atom is 0.205 e. The molecule has 0 aliphatic rings. The summed E-state index contributed by atoms with van der Waals surface area (Å²) in [6.45, 7) is 1.99. The normalized spacial score (nSPS) is 10.7. The molecule has 0 bridgehead atoms. The minimum Gasteiger partial charge on any atom is -0.369 e. The van der Waals surface area contributed by atoms with Crippen molar-refractivity contribution in [3.05, 3.63) is 52.0 Å². The molecule has 0 unspecified atom stereocenters. The molecular weight excluding hydrogens is 316 g/mol. The fourth-order valence-electron chi connectivity index (χ4n) is 2.25. The van der Waals surface area contributed by atoms with Gasteiger partial charge in [-0.25, -0.2) is 4.98 Å². The lowest BCUT2D eigenvalue weighted by Gasteiger charge is -2.10. The van der Waals surface area contributed by atoms with Crippen LogP contribution in [0.15, 0.2) is 40.9 Å². The van der Waals surface area contributed by atoms with Crippen molar-refractivity contribution >= 4 is 32.9 Å². The SMILES string of the molecule is Cc1ccc(C#N)cc1-n1c(N)nc2cc(Br)ccc21. The summed E-state index contributed by atoms with van der Waals surface area (Å²) in [5, 5.41) is 9.06. The van der Waals surface area contributed by atoms with E-state index in [-0.39, 0.29) is 0 Å². The van der Waals surface area contributed by atoms with Crippen LogP contribution in [0.25, 0.3) is 16.7 Å². The molecule has 0 saturated heterocycles. The number of nitrogen functional groups attached to an aromatic ring is 1. The van der Waals surface area contributed by atoms with Gasteiger partial charge in [0.15, 0.2) is 0 Å². The highest BCUT2D eigenvalue weighted by Crippen LogP contribution is 2.27. The molecule has 1 heterocycles. The van der Waals surface area contributed by atoms with Gasteiger partial charge < -0.3 is 5.73 Å². The molecule has 0 atom stereocenters. The van der Waals surface area contributed by atoms with Gasteiger partial charge in [0.05, 0.1) is 28.4 Å². The molecule has 0 aliphatic heterocycles. The number of aromatic nitrogens is 2. The first-order valence-corrected chi connectivity index (χ1v) is 6.84. The third-order valence-electron chi connectivity index (χ3n) is 3.22. The van der Waals surface area contributed by atoms with E-state index in [4.69, 9.17) is 11.0 Å². The third-order valence-corrected chi connectivity index (χ3v) is 3.71. The number of imidazole rings is 1. The van der Waals surface area contributed by atoms with Crippen LogP contribution in [0.4, 0.5) is 5.95 Å². The van der Waals surface area contributed by atoms with Gasteiger partial charge >= 0.3 is 0 Å². The van der Waals surface area contributed by atoms with Gasteiger partial charge in [0, 0.05) is 4.47 Å². The highest BCUT2D eigenvalue weighted by Gasteiger charge is 2.12. The Balaban J connectivity index is 2.35. The number of hydrogen-bond acceptors (Lipinski definition) is 3. The van der Waals surface area contributed by atoms with Gasteiger partial charge in [0.1, 0.15) is 0 Å². The third kappa shape index (κ3) is 1.95. The Morgan fingerprint density at radius 3 is 2.80 bits per heavy atom. The largest absolute Gasteiger partial charge is 0.369 e. The smallest absolute Gasteiger partial charge is 0.205 e. The van der Waals surface area contributed by atoms with Crippen molar-refractivity contribution in [3.8, 4) is 11.8 Å². The Kier molecular flexibility index (Phi) is 2.96. The lowest BCUT2D eigenvalue weighted by molar-refractivity contribution is 1.09. The Hall–Kier alpha value is -2.32. The van der Waals surface area contributed by atoms with E-state index in [1.165, 1.54) is 0 Å². The van der Waals surface area contributed by atoms with Gasteiger partial charge in [-0.05, 0) is 42.8 Å². The molecule has 0 fully saturated rings. The Morgan fingerprint density at radius 1 is 1.25 bits per heavy atom. The van der Waals surface area contributed by atoms with E-state index in [0.717, 1.165) is 26.8 Å². The summed E-state index contributed by atoms with van der Waals surface area (Å²) in [6.07, 6.45) is 0. The number of nitriles is 1. The highest BCUT2D eigenvalue weighted by atomic mass is 79.9. The van der Waals surface area contributed by atoms with Crippen molar-refractivity contribution in [1.82, 2.24) is 9.55 Å². The number of aryl methyl sites for hydroxylation is 1. The first-order valence-electron chi connectivity index (χ1n) is 6.05. The molecule has 2 aromatic carbocycles. The van der Waals surface area contributed by atoms with E-state index in [1.807, 2.05) is 41.8 Å². The average Bonchev–Trinajstić information content (AvgIpc) is 2.74. The van der Waals surface area contributed by atoms with Gasteiger partial charge in [-0.1, -0.05) is 22.0 Å². The summed E-state index contributed by atoms with van der Waals surface area (Å²) in [6, 6.07) is 13.5. The van der Waals surface area contributed by atoms with Crippen molar-refractivity contribution in [2.24, 2.45) is 0 Å². The van der Waals surface area contributed by atoms with Crippen LogP contribution in [0, 0.1) is 18.3 Å². The summed E-state index contributed by atoms with van der Waals surface area (Å²) in [4.78, 5) is 4.37. The zero-order valence-corrected chi connectivity index (χ0v) is 12.3. The van der Waals surface area contributed by atoms with Crippen LogP contribution in [-0.2, 0) is 0 Å². The van der Waals surface area contributed by atoms with E-state index in [2.05, 4.69) is 27.0 Å². The maximum atomic E-state index is 9.06. The number of nitrogens with two attached hydrogens (primary N) is 1.